The van der Waals surface area contributed by atoms with Gasteiger partial charge in [-0.2, -0.15) is 4.80 Å². The number of benzene rings is 1. The average molecular weight is 383 g/mol. The van der Waals surface area contributed by atoms with Crippen LogP contribution in [0.2, 0.25) is 0 Å². The van der Waals surface area contributed by atoms with E-state index in [0.717, 1.165) is 35.5 Å². The van der Waals surface area contributed by atoms with Crippen LogP contribution in [-0.4, -0.2) is 31.2 Å². The molecular formula is C18H21N7OS. The number of aromatic nitrogens is 5. The summed E-state index contributed by atoms with van der Waals surface area (Å²) in [6.45, 7) is 4.62. The summed E-state index contributed by atoms with van der Waals surface area (Å²) < 4.78 is 0. The van der Waals surface area contributed by atoms with Crippen LogP contribution in [0.1, 0.15) is 41.4 Å². The Morgan fingerprint density at radius 1 is 1.41 bits per heavy atom. The lowest BCUT2D eigenvalue weighted by molar-refractivity contribution is 0.247. The van der Waals surface area contributed by atoms with Gasteiger partial charge in [-0.25, -0.2) is 9.78 Å². The lowest BCUT2D eigenvalue weighted by atomic mass is 9.98. The van der Waals surface area contributed by atoms with Crippen molar-refractivity contribution in [1.82, 2.24) is 30.5 Å². The van der Waals surface area contributed by atoms with Gasteiger partial charge in [0.15, 0.2) is 0 Å². The molecule has 2 amide bonds. The van der Waals surface area contributed by atoms with Crippen molar-refractivity contribution in [3.8, 4) is 11.4 Å². The minimum Gasteiger partial charge on any atom is -0.329 e. The summed E-state index contributed by atoms with van der Waals surface area (Å²) in [5, 5.41) is 19.3. The van der Waals surface area contributed by atoms with E-state index >= 15 is 0 Å². The monoisotopic (exact) mass is 383 g/mol. The van der Waals surface area contributed by atoms with Crippen LogP contribution in [0.5, 0.6) is 0 Å². The maximum Gasteiger partial charge on any atom is 0.319 e. The Morgan fingerprint density at radius 2 is 2.30 bits per heavy atom. The van der Waals surface area contributed by atoms with E-state index in [0.29, 0.717) is 18.1 Å². The molecule has 1 aromatic carbocycles. The molecule has 2 aromatic heterocycles. The van der Waals surface area contributed by atoms with Gasteiger partial charge in [0.05, 0.1) is 23.3 Å². The maximum absolute atomic E-state index is 12.5. The molecule has 27 heavy (non-hydrogen) atoms. The van der Waals surface area contributed by atoms with E-state index in [1.165, 1.54) is 9.67 Å². The van der Waals surface area contributed by atoms with Crippen LogP contribution in [0, 0.1) is 6.92 Å². The molecule has 0 bridgehead atoms. The Balaban J connectivity index is 1.45. The second-order valence-electron chi connectivity index (χ2n) is 6.47. The molecule has 1 aliphatic rings. The number of urea groups is 1. The van der Waals surface area contributed by atoms with Crippen molar-refractivity contribution in [2.45, 2.75) is 45.7 Å². The van der Waals surface area contributed by atoms with Gasteiger partial charge < -0.3 is 10.6 Å². The third kappa shape index (κ3) is 3.82. The van der Waals surface area contributed by atoms with Crippen molar-refractivity contribution >= 4 is 23.1 Å². The zero-order valence-corrected chi connectivity index (χ0v) is 16.1. The average Bonchev–Trinajstić information content (AvgIpc) is 3.28. The van der Waals surface area contributed by atoms with Gasteiger partial charge in [-0.3, -0.25) is 0 Å². The second-order valence-corrected chi connectivity index (χ2v) is 7.75. The van der Waals surface area contributed by atoms with E-state index in [-0.39, 0.29) is 12.1 Å². The molecule has 8 nitrogen and oxygen atoms in total. The van der Waals surface area contributed by atoms with Crippen molar-refractivity contribution in [3.63, 3.8) is 0 Å². The summed E-state index contributed by atoms with van der Waals surface area (Å²) in [4.78, 5) is 19.9. The van der Waals surface area contributed by atoms with Gasteiger partial charge in [0, 0.05) is 16.1 Å². The first-order valence-electron chi connectivity index (χ1n) is 9.04. The fourth-order valence-corrected chi connectivity index (χ4v) is 4.27. The number of thiazole rings is 1. The summed E-state index contributed by atoms with van der Waals surface area (Å²) in [5.41, 5.74) is 2.51. The minimum absolute atomic E-state index is 0.0343. The number of hydrogen-bond donors (Lipinski definition) is 2. The quantitative estimate of drug-likeness (QED) is 0.720. The topological polar surface area (TPSA) is 97.6 Å². The highest BCUT2D eigenvalue weighted by atomic mass is 32.1. The van der Waals surface area contributed by atoms with Crippen LogP contribution in [-0.2, 0) is 13.0 Å². The third-order valence-corrected chi connectivity index (χ3v) is 5.53. The number of carbonyl (C=O) groups excluding carboxylic acids is 1. The summed E-state index contributed by atoms with van der Waals surface area (Å²) in [6, 6.07) is 7.17. The molecule has 0 spiro atoms. The number of aryl methyl sites for hydroxylation is 3. The minimum atomic E-state index is -0.235. The van der Waals surface area contributed by atoms with Gasteiger partial charge in [-0.05, 0) is 50.5 Å². The molecule has 140 valence electrons. The van der Waals surface area contributed by atoms with Gasteiger partial charge in [0.1, 0.15) is 0 Å². The SMILES string of the molecule is CCn1nnc(-c2cccc(NC(=O)NC3CCCc4sc(C)nc43)c2)n1. The Bertz CT molecular complexity index is 964. The van der Waals surface area contributed by atoms with Crippen molar-refractivity contribution in [1.29, 1.82) is 0 Å². The van der Waals surface area contributed by atoms with Gasteiger partial charge in [-0.1, -0.05) is 12.1 Å². The first-order valence-corrected chi connectivity index (χ1v) is 9.86. The number of anilines is 1. The predicted octanol–water partition coefficient (Wildman–Crippen LogP) is 3.32. The van der Waals surface area contributed by atoms with Gasteiger partial charge in [0.2, 0.25) is 5.82 Å². The smallest absolute Gasteiger partial charge is 0.319 e. The van der Waals surface area contributed by atoms with Crippen molar-refractivity contribution in [2.24, 2.45) is 0 Å². The normalized spacial score (nSPS) is 16.0. The van der Waals surface area contributed by atoms with Gasteiger partial charge in [0.25, 0.3) is 0 Å². The first-order chi connectivity index (χ1) is 13.1. The number of hydrogen-bond acceptors (Lipinski definition) is 6. The lowest BCUT2D eigenvalue weighted by Gasteiger charge is -2.22. The Labute approximate surface area is 161 Å². The molecule has 0 fully saturated rings. The van der Waals surface area contributed by atoms with E-state index < -0.39 is 0 Å². The molecule has 9 heteroatoms. The van der Waals surface area contributed by atoms with Crippen LogP contribution < -0.4 is 10.6 Å². The fourth-order valence-electron chi connectivity index (χ4n) is 3.23. The Morgan fingerprint density at radius 3 is 3.11 bits per heavy atom. The molecule has 0 saturated carbocycles. The number of amides is 2. The van der Waals surface area contributed by atoms with E-state index in [2.05, 4.69) is 31.0 Å². The second kappa shape index (κ2) is 7.43. The number of carbonyl (C=O) groups is 1. The summed E-state index contributed by atoms with van der Waals surface area (Å²) in [7, 11) is 0. The Hall–Kier alpha value is -2.81. The van der Waals surface area contributed by atoms with E-state index in [1.807, 2.05) is 38.1 Å². The molecule has 0 saturated heterocycles. The number of fused-ring (bicyclic) bond motifs is 1. The van der Waals surface area contributed by atoms with Crippen LogP contribution in [0.15, 0.2) is 24.3 Å². The largest absolute Gasteiger partial charge is 0.329 e. The zero-order valence-electron chi connectivity index (χ0n) is 15.3. The predicted molar refractivity (Wildman–Crippen MR) is 104 cm³/mol. The molecule has 1 aliphatic carbocycles. The van der Waals surface area contributed by atoms with Crippen LogP contribution in [0.25, 0.3) is 11.4 Å². The molecular weight excluding hydrogens is 362 g/mol. The van der Waals surface area contributed by atoms with E-state index in [9.17, 15) is 4.79 Å². The maximum atomic E-state index is 12.5. The highest BCUT2D eigenvalue weighted by molar-refractivity contribution is 7.11. The molecule has 1 atom stereocenters. The first kappa shape index (κ1) is 17.6. The van der Waals surface area contributed by atoms with Crippen molar-refractivity contribution in [3.05, 3.63) is 39.8 Å². The van der Waals surface area contributed by atoms with Gasteiger partial charge in [-0.15, -0.1) is 21.5 Å². The summed E-state index contributed by atoms with van der Waals surface area (Å²) in [6.07, 6.45) is 3.02. The fraction of sp³-hybridized carbons (Fsp3) is 0.389. The molecule has 1 unspecified atom stereocenters. The highest BCUT2D eigenvalue weighted by Crippen LogP contribution is 2.33. The van der Waals surface area contributed by atoms with Crippen LogP contribution in [0.4, 0.5) is 10.5 Å². The summed E-state index contributed by atoms with van der Waals surface area (Å²) in [5.74, 6) is 0.538. The van der Waals surface area contributed by atoms with Crippen molar-refractivity contribution in [2.75, 3.05) is 5.32 Å². The molecule has 2 N–H and O–H groups in total. The lowest BCUT2D eigenvalue weighted by Crippen LogP contribution is -2.34. The molecule has 2 heterocycles. The van der Waals surface area contributed by atoms with Crippen molar-refractivity contribution < 1.29 is 4.79 Å². The highest BCUT2D eigenvalue weighted by Gasteiger charge is 2.25. The number of rotatable bonds is 4. The molecule has 0 radical (unpaired) electrons. The van der Waals surface area contributed by atoms with Crippen LogP contribution in [0.3, 0.4) is 0 Å². The van der Waals surface area contributed by atoms with Gasteiger partial charge >= 0.3 is 6.03 Å². The summed E-state index contributed by atoms with van der Waals surface area (Å²) >= 11 is 1.72. The zero-order chi connectivity index (χ0) is 18.8. The number of nitrogens with zero attached hydrogens (tertiary/aromatic N) is 5. The number of tetrazole rings is 1. The number of nitrogens with one attached hydrogen (secondary N) is 2. The van der Waals surface area contributed by atoms with E-state index in [4.69, 9.17) is 0 Å². The Kier molecular flexibility index (Phi) is 4.85. The third-order valence-electron chi connectivity index (χ3n) is 4.48. The molecule has 4 rings (SSSR count). The molecule has 3 aromatic rings. The van der Waals surface area contributed by atoms with Crippen LogP contribution >= 0.6 is 11.3 Å². The molecule has 0 aliphatic heterocycles. The standard InChI is InChI=1S/C18H21N7OS/c1-3-25-23-17(22-24-25)12-6-4-7-13(10-12)20-18(26)21-14-8-5-9-15-16(14)19-11(2)27-15/h4,6-7,10,14H,3,5,8-9H2,1-2H3,(H2,20,21,26). The van der Waals surface area contributed by atoms with E-state index in [1.54, 1.807) is 11.3 Å².